The lowest BCUT2D eigenvalue weighted by molar-refractivity contribution is -0.141. The van der Waals surface area contributed by atoms with Gasteiger partial charge in [0.05, 0.1) is 12.5 Å². The van der Waals surface area contributed by atoms with Crippen LogP contribution < -0.4 is 0 Å². The zero-order chi connectivity index (χ0) is 8.72. The minimum Gasteiger partial charge on any atom is -0.462 e. The van der Waals surface area contributed by atoms with Crippen molar-refractivity contribution in [2.24, 2.45) is 5.92 Å². The van der Waals surface area contributed by atoms with Crippen LogP contribution in [0.5, 0.6) is 0 Å². The van der Waals surface area contributed by atoms with Crippen molar-refractivity contribution in [3.63, 3.8) is 0 Å². The van der Waals surface area contributed by atoms with Gasteiger partial charge in [0.15, 0.2) is 0 Å². The van der Waals surface area contributed by atoms with E-state index in [1.165, 1.54) is 0 Å². The SMILES string of the molecule is CC1=CC(O)C2CC(=O)OC2C1. The number of hydrogen-bond acceptors (Lipinski definition) is 3. The third-order valence-corrected chi connectivity index (χ3v) is 2.58. The summed E-state index contributed by atoms with van der Waals surface area (Å²) in [6, 6.07) is 0. The molecule has 0 aromatic heterocycles. The zero-order valence-electron chi connectivity index (χ0n) is 6.99. The van der Waals surface area contributed by atoms with Gasteiger partial charge in [0.25, 0.3) is 0 Å². The molecule has 0 radical (unpaired) electrons. The van der Waals surface area contributed by atoms with Crippen molar-refractivity contribution in [3.8, 4) is 0 Å². The van der Waals surface area contributed by atoms with Crippen molar-refractivity contribution in [1.82, 2.24) is 0 Å². The fraction of sp³-hybridized carbons (Fsp3) is 0.667. The van der Waals surface area contributed by atoms with E-state index in [0.717, 1.165) is 12.0 Å². The number of fused-ring (bicyclic) bond motifs is 1. The number of hydrogen-bond donors (Lipinski definition) is 1. The molecule has 1 fully saturated rings. The Bertz CT molecular complexity index is 244. The topological polar surface area (TPSA) is 46.5 Å². The molecule has 3 unspecified atom stereocenters. The highest BCUT2D eigenvalue weighted by Gasteiger charge is 2.40. The molecule has 3 heteroatoms. The molecule has 0 saturated carbocycles. The summed E-state index contributed by atoms with van der Waals surface area (Å²) in [5.74, 6) is -0.173. The Morgan fingerprint density at radius 2 is 2.33 bits per heavy atom. The second kappa shape index (κ2) is 2.59. The molecular weight excluding hydrogens is 156 g/mol. The molecule has 3 atom stereocenters. The van der Waals surface area contributed by atoms with Gasteiger partial charge in [-0.25, -0.2) is 0 Å². The van der Waals surface area contributed by atoms with E-state index in [1.807, 2.05) is 13.0 Å². The molecule has 1 heterocycles. The lowest BCUT2D eigenvalue weighted by Crippen LogP contribution is -2.30. The van der Waals surface area contributed by atoms with Gasteiger partial charge in [0, 0.05) is 12.3 Å². The average molecular weight is 168 g/mol. The Morgan fingerprint density at radius 1 is 1.58 bits per heavy atom. The van der Waals surface area contributed by atoms with Gasteiger partial charge < -0.3 is 9.84 Å². The standard InChI is InChI=1S/C9H12O3/c1-5-2-7(10)6-4-9(11)12-8(6)3-5/h2,6-8,10H,3-4H2,1H3. The second-order valence-electron chi connectivity index (χ2n) is 3.60. The summed E-state index contributed by atoms with van der Waals surface area (Å²) in [5.41, 5.74) is 1.11. The molecule has 1 aliphatic carbocycles. The third-order valence-electron chi connectivity index (χ3n) is 2.58. The van der Waals surface area contributed by atoms with Gasteiger partial charge in [0.1, 0.15) is 6.10 Å². The van der Waals surface area contributed by atoms with Gasteiger partial charge in [-0.2, -0.15) is 0 Å². The number of ether oxygens (including phenoxy) is 1. The van der Waals surface area contributed by atoms with Crippen molar-refractivity contribution >= 4 is 5.97 Å². The summed E-state index contributed by atoms with van der Waals surface area (Å²) in [5, 5.41) is 9.56. The Kier molecular flexibility index (Phi) is 1.68. The Hall–Kier alpha value is -0.830. The normalized spacial score (nSPS) is 40.3. The van der Waals surface area contributed by atoms with Gasteiger partial charge in [0.2, 0.25) is 0 Å². The van der Waals surface area contributed by atoms with Crippen LogP contribution in [0.2, 0.25) is 0 Å². The molecule has 1 N–H and O–H groups in total. The molecule has 0 spiro atoms. The maximum atomic E-state index is 10.9. The maximum absolute atomic E-state index is 10.9. The van der Waals surface area contributed by atoms with Gasteiger partial charge in [-0.1, -0.05) is 11.6 Å². The molecule has 3 nitrogen and oxygen atoms in total. The molecule has 0 aromatic carbocycles. The summed E-state index contributed by atoms with van der Waals surface area (Å²) < 4.78 is 5.07. The van der Waals surface area contributed by atoms with E-state index in [0.29, 0.717) is 6.42 Å². The number of aliphatic hydroxyl groups is 1. The Labute approximate surface area is 71.0 Å². The predicted octanol–water partition coefficient (Wildman–Crippen LogP) is 0.629. The molecule has 66 valence electrons. The fourth-order valence-electron chi connectivity index (χ4n) is 1.96. The van der Waals surface area contributed by atoms with Crippen LogP contribution in [0.4, 0.5) is 0 Å². The fourth-order valence-corrected chi connectivity index (χ4v) is 1.96. The van der Waals surface area contributed by atoms with E-state index in [2.05, 4.69) is 0 Å². The van der Waals surface area contributed by atoms with Crippen LogP contribution in [0.1, 0.15) is 19.8 Å². The van der Waals surface area contributed by atoms with Gasteiger partial charge >= 0.3 is 5.97 Å². The lowest BCUT2D eigenvalue weighted by Gasteiger charge is -2.25. The van der Waals surface area contributed by atoms with E-state index in [1.54, 1.807) is 0 Å². The predicted molar refractivity (Wildman–Crippen MR) is 42.4 cm³/mol. The minimum absolute atomic E-state index is 0.00111. The molecule has 12 heavy (non-hydrogen) atoms. The van der Waals surface area contributed by atoms with Crippen LogP contribution in [-0.4, -0.2) is 23.3 Å². The Balaban J connectivity index is 2.20. The first kappa shape index (κ1) is 7.80. The molecular formula is C9H12O3. The summed E-state index contributed by atoms with van der Waals surface area (Å²) in [4.78, 5) is 10.9. The summed E-state index contributed by atoms with van der Waals surface area (Å²) in [7, 11) is 0. The molecule has 2 rings (SSSR count). The van der Waals surface area contributed by atoms with Crippen LogP contribution in [0, 0.1) is 5.92 Å². The highest BCUT2D eigenvalue weighted by Crippen LogP contribution is 2.34. The van der Waals surface area contributed by atoms with Crippen molar-refractivity contribution in [2.75, 3.05) is 0 Å². The molecule has 0 aromatic rings. The number of aliphatic hydroxyl groups excluding tert-OH is 1. The molecule has 0 amide bonds. The van der Waals surface area contributed by atoms with E-state index < -0.39 is 6.10 Å². The van der Waals surface area contributed by atoms with Gasteiger partial charge in [-0.15, -0.1) is 0 Å². The van der Waals surface area contributed by atoms with Crippen molar-refractivity contribution in [2.45, 2.75) is 32.0 Å². The number of rotatable bonds is 0. The molecule has 2 aliphatic rings. The first-order chi connectivity index (χ1) is 5.66. The quantitative estimate of drug-likeness (QED) is 0.426. The molecule has 1 saturated heterocycles. The molecule has 0 bridgehead atoms. The summed E-state index contributed by atoms with van der Waals surface area (Å²) in [6.45, 7) is 1.95. The largest absolute Gasteiger partial charge is 0.462 e. The maximum Gasteiger partial charge on any atom is 0.306 e. The third kappa shape index (κ3) is 1.14. The number of carbonyl (C=O) groups is 1. The number of esters is 1. The van der Waals surface area contributed by atoms with Crippen molar-refractivity contribution in [3.05, 3.63) is 11.6 Å². The van der Waals surface area contributed by atoms with Crippen LogP contribution in [0.25, 0.3) is 0 Å². The monoisotopic (exact) mass is 168 g/mol. The first-order valence-electron chi connectivity index (χ1n) is 4.21. The van der Waals surface area contributed by atoms with Gasteiger partial charge in [-0.3, -0.25) is 4.79 Å². The summed E-state index contributed by atoms with van der Waals surface area (Å²) in [6.07, 6.45) is 2.42. The first-order valence-corrected chi connectivity index (χ1v) is 4.21. The highest BCUT2D eigenvalue weighted by molar-refractivity contribution is 5.72. The van der Waals surface area contributed by atoms with Crippen LogP contribution >= 0.6 is 0 Å². The van der Waals surface area contributed by atoms with Gasteiger partial charge in [-0.05, 0) is 6.92 Å². The van der Waals surface area contributed by atoms with E-state index >= 15 is 0 Å². The second-order valence-corrected chi connectivity index (χ2v) is 3.60. The van der Waals surface area contributed by atoms with E-state index in [9.17, 15) is 9.90 Å². The highest BCUT2D eigenvalue weighted by atomic mass is 16.6. The average Bonchev–Trinajstić information content (AvgIpc) is 2.29. The van der Waals surface area contributed by atoms with E-state index in [-0.39, 0.29) is 18.0 Å². The Morgan fingerprint density at radius 3 is 3.08 bits per heavy atom. The number of carbonyl (C=O) groups excluding carboxylic acids is 1. The van der Waals surface area contributed by atoms with Crippen LogP contribution in [-0.2, 0) is 9.53 Å². The van der Waals surface area contributed by atoms with Crippen LogP contribution in [0.3, 0.4) is 0 Å². The van der Waals surface area contributed by atoms with Crippen LogP contribution in [0.15, 0.2) is 11.6 Å². The van der Waals surface area contributed by atoms with Crippen molar-refractivity contribution in [1.29, 1.82) is 0 Å². The summed E-state index contributed by atoms with van der Waals surface area (Å²) >= 11 is 0. The lowest BCUT2D eigenvalue weighted by atomic mass is 9.85. The zero-order valence-corrected chi connectivity index (χ0v) is 6.99. The molecule has 1 aliphatic heterocycles. The van der Waals surface area contributed by atoms with Crippen molar-refractivity contribution < 1.29 is 14.6 Å². The smallest absolute Gasteiger partial charge is 0.306 e. The minimum atomic E-state index is -0.491. The van der Waals surface area contributed by atoms with E-state index in [4.69, 9.17) is 4.74 Å².